The molecule has 4 aliphatic rings. The van der Waals surface area contributed by atoms with Crippen molar-refractivity contribution in [2.45, 2.75) is 62.6 Å². The molecule has 0 N–H and O–H groups in total. The summed E-state index contributed by atoms with van der Waals surface area (Å²) in [6.07, 6.45) is 5.42. The van der Waals surface area contributed by atoms with Gasteiger partial charge < -0.3 is 9.80 Å². The molecule has 1 aromatic carbocycles. The lowest BCUT2D eigenvalue weighted by Crippen LogP contribution is -2.33. The molecule has 2 aliphatic carbocycles. The van der Waals surface area contributed by atoms with Crippen LogP contribution >= 0.6 is 0 Å². The number of hydrogen-bond acceptors (Lipinski definition) is 3. The van der Waals surface area contributed by atoms with Gasteiger partial charge in [-0.15, -0.1) is 0 Å². The standard InChI is InChI=1S/C26H29F3N4O/c27-26(28,29)23-4-2-1-3-21(23)18-9-12-32(16-18)25(34)22-15-30-33(24(22)17-5-6-17)20-10-13-31(14-11-20)19-7-8-19/h1-4,7,15,17-18,20H,5-6,8-14,16H2/t18-/m1/s1. The Bertz CT molecular complexity index is 1130. The maximum atomic E-state index is 13.5. The summed E-state index contributed by atoms with van der Waals surface area (Å²) in [7, 11) is 0. The second-order valence-electron chi connectivity index (χ2n) is 10.1. The fraction of sp³-hybridized carbons (Fsp3) is 0.538. The number of piperidine rings is 1. The van der Waals surface area contributed by atoms with E-state index in [-0.39, 0.29) is 11.8 Å². The summed E-state index contributed by atoms with van der Waals surface area (Å²) in [4.78, 5) is 17.7. The first-order valence-corrected chi connectivity index (χ1v) is 12.4. The van der Waals surface area contributed by atoms with Crippen molar-refractivity contribution in [3.63, 3.8) is 0 Å². The van der Waals surface area contributed by atoms with E-state index in [1.807, 2.05) is 0 Å². The Morgan fingerprint density at radius 1 is 0.971 bits per heavy atom. The van der Waals surface area contributed by atoms with Crippen LogP contribution in [0, 0.1) is 0 Å². The highest BCUT2D eigenvalue weighted by Gasteiger charge is 2.40. The summed E-state index contributed by atoms with van der Waals surface area (Å²) >= 11 is 0. The lowest BCUT2D eigenvalue weighted by molar-refractivity contribution is -0.138. The molecule has 6 rings (SSSR count). The zero-order valence-corrected chi connectivity index (χ0v) is 19.1. The number of hydrogen-bond donors (Lipinski definition) is 0. The minimum atomic E-state index is -4.39. The van der Waals surface area contributed by atoms with Gasteiger partial charge in [-0.2, -0.15) is 18.3 Å². The third-order valence-corrected chi connectivity index (χ3v) is 7.81. The molecule has 1 amide bonds. The van der Waals surface area contributed by atoms with E-state index in [1.165, 1.54) is 11.8 Å². The lowest BCUT2D eigenvalue weighted by atomic mass is 9.93. The van der Waals surface area contributed by atoms with Crippen LogP contribution in [0.5, 0.6) is 0 Å². The quantitative estimate of drug-likeness (QED) is 0.593. The maximum Gasteiger partial charge on any atom is 0.416 e. The van der Waals surface area contributed by atoms with Crippen molar-refractivity contribution in [2.24, 2.45) is 0 Å². The zero-order chi connectivity index (χ0) is 23.4. The van der Waals surface area contributed by atoms with Gasteiger partial charge in [0.15, 0.2) is 0 Å². The minimum Gasteiger partial charge on any atom is -0.375 e. The van der Waals surface area contributed by atoms with E-state index in [9.17, 15) is 18.0 Å². The Morgan fingerprint density at radius 3 is 2.38 bits per heavy atom. The number of amides is 1. The molecule has 3 fully saturated rings. The molecule has 2 saturated heterocycles. The van der Waals surface area contributed by atoms with E-state index in [1.54, 1.807) is 23.2 Å². The van der Waals surface area contributed by atoms with Crippen molar-refractivity contribution in [1.29, 1.82) is 0 Å². The predicted octanol–water partition coefficient (Wildman–Crippen LogP) is 5.33. The predicted molar refractivity (Wildman–Crippen MR) is 121 cm³/mol. The summed E-state index contributed by atoms with van der Waals surface area (Å²) < 4.78 is 42.7. The molecular formula is C26H29F3N4O. The van der Waals surface area contributed by atoms with E-state index in [4.69, 9.17) is 0 Å². The largest absolute Gasteiger partial charge is 0.416 e. The molecule has 3 heterocycles. The third-order valence-electron chi connectivity index (χ3n) is 7.81. The van der Waals surface area contributed by atoms with Crippen molar-refractivity contribution >= 4 is 5.91 Å². The van der Waals surface area contributed by atoms with Crippen molar-refractivity contribution in [2.75, 3.05) is 26.2 Å². The van der Waals surface area contributed by atoms with Crippen LogP contribution in [0.15, 0.2) is 42.2 Å². The smallest absolute Gasteiger partial charge is 0.375 e. The molecule has 180 valence electrons. The first kappa shape index (κ1) is 21.7. The molecule has 1 saturated carbocycles. The fourth-order valence-corrected chi connectivity index (χ4v) is 5.77. The minimum absolute atomic E-state index is 0.0827. The average Bonchev–Trinajstić information content (AvgIpc) is 3.77. The molecule has 1 aromatic heterocycles. The summed E-state index contributed by atoms with van der Waals surface area (Å²) in [6.45, 7) is 2.83. The van der Waals surface area contributed by atoms with Gasteiger partial charge in [0.25, 0.3) is 5.91 Å². The molecule has 5 nitrogen and oxygen atoms in total. The number of nitrogens with zero attached hydrogens (tertiary/aromatic N) is 4. The van der Waals surface area contributed by atoms with Gasteiger partial charge in [-0.25, -0.2) is 0 Å². The van der Waals surface area contributed by atoms with Crippen molar-refractivity contribution in [3.8, 4) is 0 Å². The fourth-order valence-electron chi connectivity index (χ4n) is 5.77. The summed E-state index contributed by atoms with van der Waals surface area (Å²) in [6, 6.07) is 6.07. The Labute approximate surface area is 197 Å². The maximum absolute atomic E-state index is 13.5. The van der Waals surface area contributed by atoms with E-state index < -0.39 is 11.7 Å². The Kier molecular flexibility index (Phi) is 5.22. The number of carbonyl (C=O) groups is 1. The summed E-state index contributed by atoms with van der Waals surface area (Å²) in [5.41, 5.74) is 2.86. The molecule has 34 heavy (non-hydrogen) atoms. The van der Waals surface area contributed by atoms with Crippen molar-refractivity contribution < 1.29 is 18.0 Å². The molecule has 0 radical (unpaired) electrons. The summed E-state index contributed by atoms with van der Waals surface area (Å²) in [5, 5.41) is 4.69. The zero-order valence-electron chi connectivity index (χ0n) is 19.1. The van der Waals surface area contributed by atoms with Gasteiger partial charge in [0, 0.05) is 50.1 Å². The van der Waals surface area contributed by atoms with E-state index in [0.717, 1.165) is 57.0 Å². The number of alkyl halides is 3. The number of likely N-dealkylation sites (tertiary alicyclic amines) is 2. The van der Waals surface area contributed by atoms with E-state index in [0.29, 0.717) is 42.6 Å². The molecule has 8 heteroatoms. The SMILES string of the molecule is O=C(c1cnn(C2CCN(C3=CC3)CC2)c1C1CC1)N1CC[C@@H](c2ccccc2C(F)(F)F)C1. The molecule has 2 aliphatic heterocycles. The highest BCUT2D eigenvalue weighted by Crippen LogP contribution is 2.45. The lowest BCUT2D eigenvalue weighted by Gasteiger charge is -2.33. The van der Waals surface area contributed by atoms with Crippen LogP contribution in [0.4, 0.5) is 13.2 Å². The number of aromatic nitrogens is 2. The number of benzene rings is 1. The highest BCUT2D eigenvalue weighted by atomic mass is 19.4. The molecule has 0 bridgehead atoms. The van der Waals surface area contributed by atoms with Gasteiger partial charge in [-0.05, 0) is 43.7 Å². The van der Waals surface area contributed by atoms with Gasteiger partial charge in [0.05, 0.1) is 29.1 Å². The highest BCUT2D eigenvalue weighted by molar-refractivity contribution is 5.95. The van der Waals surface area contributed by atoms with Crippen molar-refractivity contribution in [3.05, 3.63) is 64.6 Å². The van der Waals surface area contributed by atoms with Crippen LogP contribution in [0.25, 0.3) is 0 Å². The van der Waals surface area contributed by atoms with E-state index in [2.05, 4.69) is 20.8 Å². The molecule has 0 spiro atoms. The molecule has 1 atom stereocenters. The first-order chi connectivity index (χ1) is 16.4. The number of carbonyl (C=O) groups excluding carboxylic acids is 1. The molecular weight excluding hydrogens is 441 g/mol. The van der Waals surface area contributed by atoms with Crippen LogP contribution < -0.4 is 0 Å². The Balaban J connectivity index is 1.20. The second kappa shape index (κ2) is 8.17. The molecule has 2 aromatic rings. The van der Waals surface area contributed by atoms with Crippen LogP contribution in [0.3, 0.4) is 0 Å². The first-order valence-electron chi connectivity index (χ1n) is 12.4. The topological polar surface area (TPSA) is 41.4 Å². The van der Waals surface area contributed by atoms with Crippen molar-refractivity contribution in [1.82, 2.24) is 19.6 Å². The number of allylic oxidation sites excluding steroid dienone is 2. The van der Waals surface area contributed by atoms with Crippen LogP contribution in [-0.2, 0) is 6.18 Å². The normalized spacial score (nSPS) is 23.4. The van der Waals surface area contributed by atoms with Gasteiger partial charge in [-0.1, -0.05) is 24.3 Å². The number of halogens is 3. The average molecular weight is 471 g/mol. The molecule has 0 unspecified atom stereocenters. The van der Waals surface area contributed by atoms with Gasteiger partial charge >= 0.3 is 6.18 Å². The second-order valence-corrected chi connectivity index (χ2v) is 10.1. The Hall–Kier alpha value is -2.77. The van der Waals surface area contributed by atoms with Gasteiger partial charge in [-0.3, -0.25) is 9.48 Å². The monoisotopic (exact) mass is 470 g/mol. The Morgan fingerprint density at radius 2 is 1.71 bits per heavy atom. The number of rotatable bonds is 5. The summed E-state index contributed by atoms with van der Waals surface area (Å²) in [5.74, 6) is -0.0158. The van der Waals surface area contributed by atoms with Crippen LogP contribution in [0.2, 0.25) is 0 Å². The third kappa shape index (κ3) is 4.01. The van der Waals surface area contributed by atoms with E-state index >= 15 is 0 Å². The van der Waals surface area contributed by atoms with Crippen LogP contribution in [-0.4, -0.2) is 51.7 Å². The van der Waals surface area contributed by atoms with Gasteiger partial charge in [0.1, 0.15) is 0 Å². The van der Waals surface area contributed by atoms with Gasteiger partial charge in [0.2, 0.25) is 0 Å². The van der Waals surface area contributed by atoms with Crippen LogP contribution in [0.1, 0.15) is 83.6 Å².